The third-order valence-corrected chi connectivity index (χ3v) is 2.13. The molecule has 1 aromatic heterocycles. The van der Waals surface area contributed by atoms with Crippen LogP contribution in [0.25, 0.3) is 0 Å². The van der Waals surface area contributed by atoms with Gasteiger partial charge in [0.15, 0.2) is 5.06 Å². The summed E-state index contributed by atoms with van der Waals surface area (Å²) >= 11 is 0.817. The van der Waals surface area contributed by atoms with Crippen molar-refractivity contribution >= 4 is 17.3 Å². The molecule has 0 aromatic carbocycles. The lowest BCUT2D eigenvalue weighted by Crippen LogP contribution is -2.00. The summed E-state index contributed by atoms with van der Waals surface area (Å²) in [5, 5.41) is -0.00426. The molecule has 0 radical (unpaired) electrons. The van der Waals surface area contributed by atoms with Crippen LogP contribution < -0.4 is 4.74 Å². The van der Waals surface area contributed by atoms with Gasteiger partial charge in [-0.15, -0.1) is 0 Å². The molecule has 72 valence electrons. The number of thiophene rings is 1. The fourth-order valence-electron chi connectivity index (χ4n) is 0.682. The van der Waals surface area contributed by atoms with Gasteiger partial charge in [0.05, 0.1) is 7.11 Å². The molecule has 0 N–H and O–H groups in total. The maximum Gasteiger partial charge on any atom is 0.388 e. The molecule has 1 heterocycles. The molecule has 0 fully saturated rings. The van der Waals surface area contributed by atoms with Gasteiger partial charge in [0.1, 0.15) is 4.88 Å². The van der Waals surface area contributed by atoms with Crippen molar-refractivity contribution < 1.29 is 23.0 Å². The third-order valence-electron chi connectivity index (χ3n) is 1.17. The second-order valence-electron chi connectivity index (χ2n) is 1.99. The zero-order valence-electron chi connectivity index (χ0n) is 6.62. The van der Waals surface area contributed by atoms with Crippen LogP contribution in [0.3, 0.4) is 0 Å². The lowest BCUT2D eigenvalue weighted by molar-refractivity contribution is -0.0472. The molecule has 1 aromatic rings. The molecule has 0 aliphatic carbocycles. The number of carbonyl (C=O) groups is 1. The average molecular weight is 208 g/mol. The molecule has 0 amide bonds. The summed E-state index contributed by atoms with van der Waals surface area (Å²) in [6.45, 7) is -2.87. The summed E-state index contributed by atoms with van der Waals surface area (Å²) in [7, 11) is 1.22. The Kier molecular flexibility index (Phi) is 3.18. The van der Waals surface area contributed by atoms with Gasteiger partial charge in [0.25, 0.3) is 0 Å². The van der Waals surface area contributed by atoms with E-state index in [0.717, 1.165) is 11.3 Å². The van der Waals surface area contributed by atoms with E-state index >= 15 is 0 Å². The number of halogens is 2. The first kappa shape index (κ1) is 9.91. The van der Waals surface area contributed by atoms with Crippen LogP contribution in [0.1, 0.15) is 9.67 Å². The Morgan fingerprint density at radius 1 is 1.54 bits per heavy atom. The van der Waals surface area contributed by atoms with Crippen LogP contribution in [0, 0.1) is 0 Å². The molecule has 6 heteroatoms. The first-order valence-electron chi connectivity index (χ1n) is 3.26. The maximum atomic E-state index is 11.7. The Bertz CT molecular complexity index is 298. The van der Waals surface area contributed by atoms with Gasteiger partial charge in [0.2, 0.25) is 0 Å². The number of methoxy groups -OCH3 is 1. The van der Waals surface area contributed by atoms with Gasteiger partial charge in [0, 0.05) is 0 Å². The highest BCUT2D eigenvalue weighted by molar-refractivity contribution is 7.15. The van der Waals surface area contributed by atoms with E-state index in [1.807, 2.05) is 0 Å². The van der Waals surface area contributed by atoms with Crippen LogP contribution in [0.4, 0.5) is 8.78 Å². The summed E-state index contributed by atoms with van der Waals surface area (Å²) in [6, 6.07) is 2.66. The standard InChI is InChI=1S/C7H6F2O3S/c1-11-6(10)4-2-3-5(13-4)12-7(8)9/h2-3,7H,1H3. The van der Waals surface area contributed by atoms with E-state index < -0.39 is 12.6 Å². The van der Waals surface area contributed by atoms with E-state index in [1.54, 1.807) is 0 Å². The molecule has 0 saturated heterocycles. The summed E-state index contributed by atoms with van der Waals surface area (Å²) < 4.78 is 31.8. The quantitative estimate of drug-likeness (QED) is 0.714. The monoisotopic (exact) mass is 208 g/mol. The van der Waals surface area contributed by atoms with E-state index in [2.05, 4.69) is 9.47 Å². The number of rotatable bonds is 3. The van der Waals surface area contributed by atoms with Crippen molar-refractivity contribution in [3.05, 3.63) is 17.0 Å². The summed E-state index contributed by atoms with van der Waals surface area (Å²) in [5.74, 6) is -0.561. The second kappa shape index (κ2) is 4.18. The van der Waals surface area contributed by atoms with Gasteiger partial charge in [-0.1, -0.05) is 11.3 Å². The van der Waals surface area contributed by atoms with E-state index in [0.29, 0.717) is 0 Å². The molecule has 0 bridgehead atoms. The van der Waals surface area contributed by atoms with Crippen molar-refractivity contribution in [1.29, 1.82) is 0 Å². The predicted octanol–water partition coefficient (Wildman–Crippen LogP) is 2.14. The van der Waals surface area contributed by atoms with Crippen molar-refractivity contribution in [2.45, 2.75) is 6.61 Å². The first-order chi connectivity index (χ1) is 6.13. The number of hydrogen-bond acceptors (Lipinski definition) is 4. The van der Waals surface area contributed by atoms with Gasteiger partial charge in [-0.3, -0.25) is 0 Å². The lowest BCUT2D eigenvalue weighted by atomic mass is 10.5. The molecule has 13 heavy (non-hydrogen) atoms. The largest absolute Gasteiger partial charge is 0.465 e. The predicted molar refractivity (Wildman–Crippen MR) is 42.3 cm³/mol. The highest BCUT2D eigenvalue weighted by Crippen LogP contribution is 2.26. The molecule has 0 aliphatic rings. The molecule has 0 spiro atoms. The molecule has 3 nitrogen and oxygen atoms in total. The Labute approximate surface area is 76.9 Å². The van der Waals surface area contributed by atoms with Crippen LogP contribution in [0.15, 0.2) is 12.1 Å². The van der Waals surface area contributed by atoms with E-state index in [-0.39, 0.29) is 9.94 Å². The number of ether oxygens (including phenoxy) is 2. The van der Waals surface area contributed by atoms with Crippen LogP contribution in [-0.4, -0.2) is 19.7 Å². The summed E-state index contributed by atoms with van der Waals surface area (Å²) in [6.07, 6.45) is 0. The molecule has 1 rings (SSSR count). The maximum absolute atomic E-state index is 11.7. The van der Waals surface area contributed by atoms with E-state index in [4.69, 9.17) is 0 Å². The van der Waals surface area contributed by atoms with Crippen molar-refractivity contribution in [1.82, 2.24) is 0 Å². The Morgan fingerprint density at radius 3 is 2.77 bits per heavy atom. The molecular weight excluding hydrogens is 202 g/mol. The fourth-order valence-corrected chi connectivity index (χ4v) is 1.46. The van der Waals surface area contributed by atoms with Gasteiger partial charge >= 0.3 is 12.6 Å². The van der Waals surface area contributed by atoms with Crippen LogP contribution >= 0.6 is 11.3 Å². The fraction of sp³-hybridized carbons (Fsp3) is 0.286. The van der Waals surface area contributed by atoms with E-state index in [9.17, 15) is 13.6 Å². The van der Waals surface area contributed by atoms with Gasteiger partial charge in [-0.05, 0) is 12.1 Å². The second-order valence-corrected chi connectivity index (χ2v) is 3.04. The van der Waals surface area contributed by atoms with Gasteiger partial charge < -0.3 is 9.47 Å². The zero-order valence-corrected chi connectivity index (χ0v) is 7.44. The zero-order chi connectivity index (χ0) is 9.84. The van der Waals surface area contributed by atoms with Crippen LogP contribution in [-0.2, 0) is 4.74 Å². The topological polar surface area (TPSA) is 35.5 Å². The summed E-state index contributed by atoms with van der Waals surface area (Å²) in [5.41, 5.74) is 0. The van der Waals surface area contributed by atoms with Gasteiger partial charge in [-0.2, -0.15) is 8.78 Å². The van der Waals surface area contributed by atoms with Crippen LogP contribution in [0.2, 0.25) is 0 Å². The molecule has 0 aliphatic heterocycles. The molecule has 0 saturated carbocycles. The molecule has 0 unspecified atom stereocenters. The number of esters is 1. The van der Waals surface area contributed by atoms with E-state index in [1.165, 1.54) is 19.2 Å². The minimum Gasteiger partial charge on any atom is -0.465 e. The number of hydrogen-bond donors (Lipinski definition) is 0. The highest BCUT2D eigenvalue weighted by atomic mass is 32.1. The van der Waals surface area contributed by atoms with Crippen LogP contribution in [0.5, 0.6) is 5.06 Å². The van der Waals surface area contributed by atoms with Crippen molar-refractivity contribution in [3.63, 3.8) is 0 Å². The minimum absolute atomic E-state index is 0.00426. The van der Waals surface area contributed by atoms with Crippen molar-refractivity contribution in [2.24, 2.45) is 0 Å². The SMILES string of the molecule is COC(=O)c1ccc(OC(F)F)s1. The lowest BCUT2D eigenvalue weighted by Gasteiger charge is -1.98. The number of alkyl halides is 2. The smallest absolute Gasteiger partial charge is 0.388 e. The Hall–Kier alpha value is -1.17. The first-order valence-corrected chi connectivity index (χ1v) is 4.08. The Balaban J connectivity index is 2.69. The average Bonchev–Trinajstić information content (AvgIpc) is 2.50. The third kappa shape index (κ3) is 2.66. The number of carbonyl (C=O) groups excluding carboxylic acids is 1. The van der Waals surface area contributed by atoms with Gasteiger partial charge in [-0.25, -0.2) is 4.79 Å². The van der Waals surface area contributed by atoms with Crippen molar-refractivity contribution in [2.75, 3.05) is 7.11 Å². The molecule has 0 atom stereocenters. The normalized spacial score (nSPS) is 10.2. The minimum atomic E-state index is -2.87. The Morgan fingerprint density at radius 2 is 2.23 bits per heavy atom. The molecular formula is C7H6F2O3S. The van der Waals surface area contributed by atoms with Crippen molar-refractivity contribution in [3.8, 4) is 5.06 Å². The highest BCUT2D eigenvalue weighted by Gasteiger charge is 2.12. The summed E-state index contributed by atoms with van der Waals surface area (Å²) in [4.78, 5) is 11.1.